The van der Waals surface area contributed by atoms with Gasteiger partial charge in [-0.05, 0) is 108 Å². The molecule has 14 rings (SSSR count). The maximum absolute atomic E-state index is 2.49. The summed E-state index contributed by atoms with van der Waals surface area (Å²) in [4.78, 5) is 4.94. The van der Waals surface area contributed by atoms with Crippen LogP contribution in [0.4, 0.5) is 34.1 Å². The predicted molar refractivity (Wildman–Crippen MR) is 293 cm³/mol. The van der Waals surface area contributed by atoms with E-state index in [0.717, 1.165) is 34.1 Å². The second kappa shape index (κ2) is 15.1. The van der Waals surface area contributed by atoms with E-state index in [9.17, 15) is 0 Å². The molecule has 0 aliphatic rings. The molecule has 14 aromatic rings. The van der Waals surface area contributed by atoms with Crippen molar-refractivity contribution >= 4 is 160 Å². The fraction of sp³-hybridized carbons (Fsp3) is 0. The minimum Gasteiger partial charge on any atom is -0.310 e. The summed E-state index contributed by atoms with van der Waals surface area (Å²) in [6, 6.07) is 81.0. The lowest BCUT2D eigenvalue weighted by Crippen LogP contribution is -2.13. The van der Waals surface area contributed by atoms with Crippen LogP contribution in [0.25, 0.3) is 91.8 Å². The summed E-state index contributed by atoms with van der Waals surface area (Å²) >= 11 is 7.49. The molecule has 0 spiro atoms. The molecule has 0 saturated carbocycles. The Bertz CT molecular complexity index is 4200. The zero-order valence-electron chi connectivity index (χ0n) is 35.3. The first-order valence-corrected chi connectivity index (χ1v) is 25.4. The molecule has 0 N–H and O–H groups in total. The van der Waals surface area contributed by atoms with Gasteiger partial charge >= 0.3 is 0 Å². The first-order chi connectivity index (χ1) is 32.7. The van der Waals surface area contributed by atoms with Crippen LogP contribution in [0.15, 0.2) is 218 Å². The Morgan fingerprint density at radius 1 is 0.258 bits per heavy atom. The van der Waals surface area contributed by atoms with Gasteiger partial charge in [-0.25, -0.2) is 0 Å². The van der Waals surface area contributed by atoms with Crippen molar-refractivity contribution in [2.75, 3.05) is 9.80 Å². The van der Waals surface area contributed by atoms with Gasteiger partial charge in [-0.3, -0.25) is 0 Å². The Kier molecular flexibility index (Phi) is 8.71. The van der Waals surface area contributed by atoms with Crippen LogP contribution < -0.4 is 9.80 Å². The molecular formula is C60H36N2S4. The average Bonchev–Trinajstić information content (AvgIpc) is 4.14. The molecule has 0 aliphatic carbocycles. The van der Waals surface area contributed by atoms with Gasteiger partial charge in [-0.15, -0.1) is 45.3 Å². The summed E-state index contributed by atoms with van der Waals surface area (Å²) in [5, 5.41) is 10.3. The summed E-state index contributed by atoms with van der Waals surface area (Å²) in [6.07, 6.45) is 0. The van der Waals surface area contributed by atoms with Crippen LogP contribution in [-0.2, 0) is 0 Å². The van der Waals surface area contributed by atoms with Crippen molar-refractivity contribution in [2.45, 2.75) is 0 Å². The Morgan fingerprint density at radius 3 is 1.44 bits per heavy atom. The molecule has 0 atom stereocenters. The van der Waals surface area contributed by atoms with Crippen molar-refractivity contribution in [1.29, 1.82) is 0 Å². The average molecular weight is 913 g/mol. The largest absolute Gasteiger partial charge is 0.310 e. The monoisotopic (exact) mass is 912 g/mol. The molecular weight excluding hydrogens is 877 g/mol. The van der Waals surface area contributed by atoms with Gasteiger partial charge in [0.1, 0.15) is 0 Å². The molecule has 0 bridgehead atoms. The molecule has 10 aromatic carbocycles. The lowest BCUT2D eigenvalue weighted by Gasteiger charge is -2.30. The number of anilines is 6. The normalized spacial score (nSPS) is 11.9. The van der Waals surface area contributed by atoms with E-state index < -0.39 is 0 Å². The molecule has 4 aromatic heterocycles. The highest BCUT2D eigenvalue weighted by molar-refractivity contribution is 7.27. The molecule has 0 unspecified atom stereocenters. The molecule has 66 heavy (non-hydrogen) atoms. The quantitative estimate of drug-likeness (QED) is 0.157. The first kappa shape index (κ1) is 38.0. The molecule has 4 heterocycles. The number of hydrogen-bond donors (Lipinski definition) is 0. The van der Waals surface area contributed by atoms with E-state index in [1.165, 1.54) is 91.8 Å². The predicted octanol–water partition coefficient (Wildman–Crippen LogP) is 19.8. The van der Waals surface area contributed by atoms with E-state index >= 15 is 0 Å². The van der Waals surface area contributed by atoms with Crippen molar-refractivity contribution in [3.8, 4) is 11.1 Å². The van der Waals surface area contributed by atoms with E-state index in [2.05, 4.69) is 228 Å². The van der Waals surface area contributed by atoms with Crippen LogP contribution in [0.3, 0.4) is 0 Å². The third-order valence-corrected chi connectivity index (χ3v) is 17.6. The van der Waals surface area contributed by atoms with Crippen LogP contribution in [0.2, 0.25) is 0 Å². The maximum atomic E-state index is 2.49. The zero-order chi connectivity index (χ0) is 43.3. The van der Waals surface area contributed by atoms with E-state index in [1.54, 1.807) is 0 Å². The van der Waals surface area contributed by atoms with Crippen molar-refractivity contribution in [2.24, 2.45) is 0 Å². The van der Waals surface area contributed by atoms with Gasteiger partial charge in [0.2, 0.25) is 0 Å². The number of para-hydroxylation sites is 2. The van der Waals surface area contributed by atoms with Crippen molar-refractivity contribution in [3.63, 3.8) is 0 Å². The topological polar surface area (TPSA) is 6.48 Å². The van der Waals surface area contributed by atoms with Gasteiger partial charge < -0.3 is 9.80 Å². The summed E-state index contributed by atoms with van der Waals surface area (Å²) in [6.45, 7) is 0. The summed E-state index contributed by atoms with van der Waals surface area (Å²) < 4.78 is 10.3. The Hall–Kier alpha value is -7.32. The lowest BCUT2D eigenvalue weighted by molar-refractivity contribution is 1.27. The van der Waals surface area contributed by atoms with Crippen LogP contribution in [0.5, 0.6) is 0 Å². The zero-order valence-corrected chi connectivity index (χ0v) is 38.6. The third-order valence-electron chi connectivity index (χ3n) is 13.0. The van der Waals surface area contributed by atoms with Gasteiger partial charge in [0.25, 0.3) is 0 Å². The van der Waals surface area contributed by atoms with Crippen LogP contribution in [0.1, 0.15) is 0 Å². The molecule has 6 heteroatoms. The van der Waals surface area contributed by atoms with E-state index in [-0.39, 0.29) is 0 Å². The molecule has 0 amide bonds. The second-order valence-electron chi connectivity index (χ2n) is 16.8. The molecule has 310 valence electrons. The minimum absolute atomic E-state index is 1.10. The molecule has 0 fully saturated rings. The van der Waals surface area contributed by atoms with Gasteiger partial charge in [-0.1, -0.05) is 121 Å². The van der Waals surface area contributed by atoms with Crippen LogP contribution in [-0.4, -0.2) is 0 Å². The van der Waals surface area contributed by atoms with Crippen LogP contribution in [0, 0.1) is 0 Å². The van der Waals surface area contributed by atoms with Crippen LogP contribution >= 0.6 is 45.3 Å². The first-order valence-electron chi connectivity index (χ1n) is 22.1. The standard InChI is InChI=1S/C60H36N2S4/c1-3-14-38(15-4-1)61(40-27-29-46-44-18-7-10-22-52(44)64-57(46)35-40)42-33-50-49-32-37(43-21-13-25-56-59(43)48-20-9-12-24-54(48)63-56)26-31-55(49)66-60(50)51(34-42)62(39-16-5-2-6-17-39)41-28-30-47-45-19-8-11-23-53(45)65-58(47)36-41/h1-36H. The Balaban J connectivity index is 1.06. The summed E-state index contributed by atoms with van der Waals surface area (Å²) in [5.41, 5.74) is 9.23. The number of hydrogen-bond acceptors (Lipinski definition) is 6. The van der Waals surface area contributed by atoms with Crippen molar-refractivity contribution in [3.05, 3.63) is 218 Å². The summed E-state index contributed by atoms with van der Waals surface area (Å²) in [5.74, 6) is 0. The number of fused-ring (bicyclic) bond motifs is 12. The van der Waals surface area contributed by atoms with Gasteiger partial charge in [0, 0.05) is 104 Å². The highest BCUT2D eigenvalue weighted by Crippen LogP contribution is 2.51. The SMILES string of the molecule is c1ccc(N(c2ccc3c(c2)sc2ccccc23)c2cc(N(c3ccccc3)c3ccc4c(c3)sc3ccccc34)c3sc4ccc(-c5cccc6sc7ccccc7c56)cc4c3c2)cc1. The van der Waals surface area contributed by atoms with E-state index in [1.807, 2.05) is 45.3 Å². The molecule has 0 saturated heterocycles. The van der Waals surface area contributed by atoms with E-state index in [4.69, 9.17) is 0 Å². The molecule has 0 radical (unpaired) electrons. The lowest BCUT2D eigenvalue weighted by atomic mass is 9.97. The fourth-order valence-electron chi connectivity index (χ4n) is 10.1. The smallest absolute Gasteiger partial charge is 0.0661 e. The molecule has 0 aliphatic heterocycles. The van der Waals surface area contributed by atoms with Crippen molar-refractivity contribution < 1.29 is 0 Å². The van der Waals surface area contributed by atoms with Crippen molar-refractivity contribution in [1.82, 2.24) is 0 Å². The summed E-state index contributed by atoms with van der Waals surface area (Å²) in [7, 11) is 0. The van der Waals surface area contributed by atoms with Gasteiger partial charge in [0.05, 0.1) is 10.4 Å². The highest BCUT2D eigenvalue weighted by Gasteiger charge is 2.24. The minimum atomic E-state index is 1.10. The molecule has 2 nitrogen and oxygen atoms in total. The fourth-order valence-corrected chi connectivity index (χ4v) is 14.6. The third kappa shape index (κ3) is 6.03. The number of nitrogens with zero attached hydrogens (tertiary/aromatic N) is 2. The highest BCUT2D eigenvalue weighted by atomic mass is 32.1. The second-order valence-corrected chi connectivity index (χ2v) is 21.1. The Labute approximate surface area is 396 Å². The maximum Gasteiger partial charge on any atom is 0.0661 e. The number of rotatable bonds is 7. The van der Waals surface area contributed by atoms with E-state index in [0.29, 0.717) is 0 Å². The Morgan fingerprint density at radius 2 is 0.773 bits per heavy atom. The van der Waals surface area contributed by atoms with Gasteiger partial charge in [-0.2, -0.15) is 0 Å². The van der Waals surface area contributed by atoms with Gasteiger partial charge in [0.15, 0.2) is 0 Å². The number of thiophene rings is 4. The number of benzene rings is 10.